The summed E-state index contributed by atoms with van der Waals surface area (Å²) in [7, 11) is 0. The van der Waals surface area contributed by atoms with Crippen molar-refractivity contribution in [2.75, 3.05) is 22.3 Å². The van der Waals surface area contributed by atoms with Gasteiger partial charge in [0.25, 0.3) is 5.91 Å². The number of hydrogen-bond donors (Lipinski definition) is 0. The van der Waals surface area contributed by atoms with Gasteiger partial charge in [-0.05, 0) is 43.9 Å². The highest BCUT2D eigenvalue weighted by Gasteiger charge is 2.64. The maximum absolute atomic E-state index is 14.1. The van der Waals surface area contributed by atoms with Gasteiger partial charge in [-0.15, -0.1) is 11.8 Å². The number of para-hydroxylation sites is 1. The van der Waals surface area contributed by atoms with Crippen molar-refractivity contribution in [2.24, 2.45) is 0 Å². The van der Waals surface area contributed by atoms with E-state index in [1.54, 1.807) is 17.0 Å². The van der Waals surface area contributed by atoms with Crippen LogP contribution < -0.4 is 19.3 Å². The molecule has 1 fully saturated rings. The first-order valence-corrected chi connectivity index (χ1v) is 11.2. The molecule has 154 valence electrons. The van der Waals surface area contributed by atoms with Crippen LogP contribution in [-0.4, -0.2) is 29.9 Å². The van der Waals surface area contributed by atoms with Crippen LogP contribution in [0, 0.1) is 0 Å². The molecule has 4 aliphatic heterocycles. The van der Waals surface area contributed by atoms with Crippen LogP contribution in [0.1, 0.15) is 44.2 Å². The zero-order valence-corrected chi connectivity index (χ0v) is 17.9. The lowest BCUT2D eigenvalue weighted by atomic mass is 9.80. The molecule has 2 aromatic carbocycles. The molecule has 0 saturated carbocycles. The number of nitrogens with zero attached hydrogens (tertiary/aromatic N) is 2. The van der Waals surface area contributed by atoms with Crippen LogP contribution in [0.3, 0.4) is 0 Å². The lowest BCUT2D eigenvalue weighted by Gasteiger charge is -2.44. The SMILES string of the molecule is C[C@H]1CC(C)(C)N2C(=O)[C@]3(SCC(=O)N3c3ccc4c(c3)OCO4)c3cccc1c32. The second-order valence-electron chi connectivity index (χ2n) is 9.00. The lowest BCUT2D eigenvalue weighted by Crippen LogP contribution is -2.56. The molecule has 1 spiro atoms. The summed E-state index contributed by atoms with van der Waals surface area (Å²) in [6.45, 7) is 6.61. The van der Waals surface area contributed by atoms with Crippen LogP contribution in [0.2, 0.25) is 0 Å². The molecule has 7 heteroatoms. The molecule has 6 nitrogen and oxygen atoms in total. The predicted octanol–water partition coefficient (Wildman–Crippen LogP) is 3.98. The molecule has 0 radical (unpaired) electrons. The van der Waals surface area contributed by atoms with Gasteiger partial charge in [-0.3, -0.25) is 14.5 Å². The minimum atomic E-state index is -1.09. The van der Waals surface area contributed by atoms with E-state index in [1.165, 1.54) is 17.3 Å². The number of amides is 2. The van der Waals surface area contributed by atoms with Gasteiger partial charge in [0.05, 0.1) is 11.4 Å². The highest BCUT2D eigenvalue weighted by Crippen LogP contribution is 2.61. The summed E-state index contributed by atoms with van der Waals surface area (Å²) in [4.78, 5) is 29.9. The van der Waals surface area contributed by atoms with E-state index in [1.807, 2.05) is 23.1 Å². The number of rotatable bonds is 1. The van der Waals surface area contributed by atoms with Crippen LogP contribution in [0.5, 0.6) is 11.5 Å². The Morgan fingerprint density at radius 3 is 2.70 bits per heavy atom. The van der Waals surface area contributed by atoms with E-state index in [0.29, 0.717) is 23.1 Å². The third kappa shape index (κ3) is 2.06. The maximum atomic E-state index is 14.1. The van der Waals surface area contributed by atoms with Crippen molar-refractivity contribution in [1.82, 2.24) is 0 Å². The van der Waals surface area contributed by atoms with Gasteiger partial charge < -0.3 is 14.4 Å². The van der Waals surface area contributed by atoms with Gasteiger partial charge in [0.15, 0.2) is 11.5 Å². The minimum absolute atomic E-state index is 0.0321. The standard InChI is InChI=1S/C23H22N2O4S/c1-13-10-22(2,3)25-20-15(13)5-4-6-16(20)23(21(25)27)24(19(26)11-30-23)14-7-8-17-18(9-14)29-12-28-17/h4-9,13H,10-12H2,1-3H3/t13-,23+/m0/s1. The first-order chi connectivity index (χ1) is 14.3. The van der Waals surface area contributed by atoms with Gasteiger partial charge in [-0.25, -0.2) is 0 Å². The van der Waals surface area contributed by atoms with Crippen molar-refractivity contribution >= 4 is 35.0 Å². The summed E-state index contributed by atoms with van der Waals surface area (Å²) in [5, 5.41) is 0. The van der Waals surface area contributed by atoms with Crippen LogP contribution in [0.4, 0.5) is 11.4 Å². The van der Waals surface area contributed by atoms with Crippen molar-refractivity contribution in [1.29, 1.82) is 0 Å². The summed E-state index contributed by atoms with van der Waals surface area (Å²) in [5.41, 5.74) is 3.42. The van der Waals surface area contributed by atoms with Crippen LogP contribution in [-0.2, 0) is 14.5 Å². The second kappa shape index (κ2) is 5.72. The number of carbonyl (C=O) groups excluding carboxylic acids is 2. The summed E-state index contributed by atoms with van der Waals surface area (Å²) in [6.07, 6.45) is 0.883. The molecule has 2 amide bonds. The van der Waals surface area contributed by atoms with Crippen molar-refractivity contribution in [3.8, 4) is 11.5 Å². The van der Waals surface area contributed by atoms with E-state index in [-0.39, 0.29) is 29.9 Å². The molecule has 0 N–H and O–H groups in total. The molecule has 4 aliphatic rings. The fourth-order valence-electron chi connectivity index (χ4n) is 5.56. The number of benzene rings is 2. The molecular formula is C23H22N2O4S. The Balaban J connectivity index is 1.59. The third-order valence-electron chi connectivity index (χ3n) is 6.67. The quantitative estimate of drug-likeness (QED) is 0.696. The molecule has 6 rings (SSSR count). The molecule has 4 heterocycles. The van der Waals surface area contributed by atoms with Crippen LogP contribution in [0.15, 0.2) is 36.4 Å². The second-order valence-corrected chi connectivity index (χ2v) is 10.2. The Bertz CT molecular complexity index is 1130. The molecule has 30 heavy (non-hydrogen) atoms. The average molecular weight is 423 g/mol. The fraction of sp³-hybridized carbons (Fsp3) is 0.391. The van der Waals surface area contributed by atoms with Crippen LogP contribution in [0.25, 0.3) is 0 Å². The molecule has 0 bridgehead atoms. The smallest absolute Gasteiger partial charge is 0.269 e. The van der Waals surface area contributed by atoms with Crippen molar-refractivity contribution in [3.63, 3.8) is 0 Å². The Morgan fingerprint density at radius 2 is 1.87 bits per heavy atom. The number of hydrogen-bond acceptors (Lipinski definition) is 5. The van der Waals surface area contributed by atoms with Gasteiger partial charge in [-0.1, -0.05) is 25.1 Å². The molecular weight excluding hydrogens is 400 g/mol. The topological polar surface area (TPSA) is 59.1 Å². The predicted molar refractivity (Wildman–Crippen MR) is 115 cm³/mol. The zero-order valence-electron chi connectivity index (χ0n) is 17.1. The van der Waals surface area contributed by atoms with E-state index in [4.69, 9.17) is 9.47 Å². The first-order valence-electron chi connectivity index (χ1n) is 10.2. The first kappa shape index (κ1) is 18.1. The monoisotopic (exact) mass is 422 g/mol. The van der Waals surface area contributed by atoms with Gasteiger partial charge in [-0.2, -0.15) is 0 Å². The highest BCUT2D eigenvalue weighted by atomic mass is 32.2. The number of anilines is 2. The minimum Gasteiger partial charge on any atom is -0.454 e. The number of thioether (sulfide) groups is 1. The zero-order chi connectivity index (χ0) is 20.8. The summed E-state index contributed by atoms with van der Waals surface area (Å²) < 4.78 is 11.0. The molecule has 0 aliphatic carbocycles. The van der Waals surface area contributed by atoms with Crippen LogP contribution >= 0.6 is 11.8 Å². The summed E-state index contributed by atoms with van der Waals surface area (Å²) >= 11 is 1.42. The normalized spacial score (nSPS) is 27.9. The van der Waals surface area contributed by atoms with Crippen molar-refractivity contribution < 1.29 is 19.1 Å². The third-order valence-corrected chi connectivity index (χ3v) is 8.06. The van der Waals surface area contributed by atoms with E-state index in [9.17, 15) is 9.59 Å². The Labute approximate surface area is 179 Å². The van der Waals surface area contributed by atoms with E-state index < -0.39 is 4.87 Å². The number of carbonyl (C=O) groups is 2. The Kier molecular flexibility index (Phi) is 3.46. The maximum Gasteiger partial charge on any atom is 0.269 e. The van der Waals surface area contributed by atoms with Crippen molar-refractivity contribution in [2.45, 2.75) is 43.5 Å². The number of fused-ring (bicyclic) bond motifs is 2. The van der Waals surface area contributed by atoms with Gasteiger partial charge in [0, 0.05) is 22.9 Å². The summed E-state index contributed by atoms with van der Waals surface area (Å²) in [5.74, 6) is 1.75. The molecule has 0 aromatic heterocycles. The van der Waals surface area contributed by atoms with E-state index in [2.05, 4.69) is 26.8 Å². The van der Waals surface area contributed by atoms with E-state index in [0.717, 1.165) is 17.7 Å². The fourth-order valence-corrected chi connectivity index (χ4v) is 6.89. The Morgan fingerprint density at radius 1 is 1.07 bits per heavy atom. The molecule has 2 aromatic rings. The molecule has 1 saturated heterocycles. The molecule has 0 unspecified atom stereocenters. The molecule has 2 atom stereocenters. The van der Waals surface area contributed by atoms with Gasteiger partial charge in [0.2, 0.25) is 17.6 Å². The number of ether oxygens (including phenoxy) is 2. The van der Waals surface area contributed by atoms with Crippen molar-refractivity contribution in [3.05, 3.63) is 47.5 Å². The highest BCUT2D eigenvalue weighted by molar-refractivity contribution is 8.02. The van der Waals surface area contributed by atoms with Gasteiger partial charge >= 0.3 is 0 Å². The summed E-state index contributed by atoms with van der Waals surface area (Å²) in [6, 6.07) is 11.6. The van der Waals surface area contributed by atoms with E-state index >= 15 is 0 Å². The van der Waals surface area contributed by atoms with Gasteiger partial charge in [0.1, 0.15) is 0 Å². The largest absolute Gasteiger partial charge is 0.454 e. The Hall–Kier alpha value is -2.67. The lowest BCUT2D eigenvalue weighted by molar-refractivity contribution is -0.124. The average Bonchev–Trinajstić information content (AvgIpc) is 3.37.